The topological polar surface area (TPSA) is 60.9 Å². The van der Waals surface area contributed by atoms with Gasteiger partial charge in [-0.1, -0.05) is 127 Å². The molecule has 0 atom stereocenters. The second-order valence-corrected chi connectivity index (χ2v) is 13.1. The van der Waals surface area contributed by atoms with E-state index in [1.165, 1.54) is 16.2 Å². The van der Waals surface area contributed by atoms with E-state index in [2.05, 4.69) is 118 Å². The van der Waals surface area contributed by atoms with Crippen LogP contribution in [0.25, 0.3) is 99.9 Å². The predicted molar refractivity (Wildman–Crippen MR) is 212 cm³/mol. The largest absolute Gasteiger partial charge is 0.308 e. The standard InChI is InChI=1S/C46H28N6/c1-3-14-30(15-4-1)43-48-44(31-16-5-2-6-17-31)50-45(49-43)35-24-26-37(34-20-10-9-19-33(34)35)52-39-25-23-29-13-7-8-18-32(29)41(39)42-40(52)27-28-51-38-22-12-11-21-36(38)47-46(42)51/h1-28H. The minimum Gasteiger partial charge on any atom is -0.308 e. The van der Waals surface area contributed by atoms with E-state index < -0.39 is 0 Å². The zero-order valence-corrected chi connectivity index (χ0v) is 27.8. The van der Waals surface area contributed by atoms with Crippen molar-refractivity contribution in [3.8, 4) is 39.9 Å². The fourth-order valence-corrected chi connectivity index (χ4v) is 7.84. The molecule has 0 saturated carbocycles. The Balaban J connectivity index is 1.21. The highest BCUT2D eigenvalue weighted by Gasteiger charge is 2.22. The van der Waals surface area contributed by atoms with Gasteiger partial charge < -0.3 is 4.57 Å². The number of fused-ring (bicyclic) bond motifs is 10. The summed E-state index contributed by atoms with van der Waals surface area (Å²) in [5.74, 6) is 1.92. The van der Waals surface area contributed by atoms with Crippen LogP contribution in [0.15, 0.2) is 170 Å². The highest BCUT2D eigenvalue weighted by atomic mass is 15.1. The number of hydrogen-bond donors (Lipinski definition) is 0. The van der Waals surface area contributed by atoms with Crippen LogP contribution in [0.5, 0.6) is 0 Å². The molecule has 0 saturated heterocycles. The summed E-state index contributed by atoms with van der Waals surface area (Å²) in [4.78, 5) is 20.3. The van der Waals surface area contributed by atoms with Gasteiger partial charge >= 0.3 is 0 Å². The third-order valence-corrected chi connectivity index (χ3v) is 10.2. The first kappa shape index (κ1) is 28.6. The van der Waals surface area contributed by atoms with Crippen LogP contribution in [-0.2, 0) is 0 Å². The molecule has 4 heterocycles. The molecule has 7 aromatic carbocycles. The van der Waals surface area contributed by atoms with Crippen molar-refractivity contribution in [2.75, 3.05) is 0 Å². The van der Waals surface area contributed by atoms with E-state index in [1.807, 2.05) is 60.7 Å². The van der Waals surface area contributed by atoms with Crippen LogP contribution in [-0.4, -0.2) is 28.9 Å². The number of imidazole rings is 1. The van der Waals surface area contributed by atoms with Crippen molar-refractivity contribution in [3.63, 3.8) is 0 Å². The number of pyridine rings is 1. The van der Waals surface area contributed by atoms with Crippen molar-refractivity contribution < 1.29 is 0 Å². The average Bonchev–Trinajstić information content (AvgIpc) is 3.77. The van der Waals surface area contributed by atoms with Gasteiger partial charge in [0.1, 0.15) is 5.65 Å². The van der Waals surface area contributed by atoms with Crippen molar-refractivity contribution in [2.45, 2.75) is 0 Å². The van der Waals surface area contributed by atoms with E-state index in [-0.39, 0.29) is 0 Å². The molecule has 0 radical (unpaired) electrons. The smallest absolute Gasteiger partial charge is 0.164 e. The molecule has 11 rings (SSSR count). The van der Waals surface area contributed by atoms with Crippen molar-refractivity contribution >= 4 is 60.0 Å². The lowest BCUT2D eigenvalue weighted by Gasteiger charge is -2.15. The molecular weight excluding hydrogens is 637 g/mol. The number of aromatic nitrogens is 6. The Hall–Kier alpha value is -7.18. The lowest BCUT2D eigenvalue weighted by atomic mass is 10.0. The molecule has 0 bridgehead atoms. The van der Waals surface area contributed by atoms with Crippen molar-refractivity contribution in [1.82, 2.24) is 28.9 Å². The van der Waals surface area contributed by atoms with Crippen LogP contribution in [0, 0.1) is 0 Å². The molecule has 0 aliphatic carbocycles. The number of rotatable bonds is 4. The maximum absolute atomic E-state index is 5.22. The third kappa shape index (κ3) is 4.25. The minimum atomic E-state index is 0.634. The van der Waals surface area contributed by atoms with Gasteiger partial charge in [-0.05, 0) is 52.6 Å². The van der Waals surface area contributed by atoms with Gasteiger partial charge in [0.2, 0.25) is 0 Å². The summed E-state index contributed by atoms with van der Waals surface area (Å²) < 4.78 is 4.63. The van der Waals surface area contributed by atoms with Crippen LogP contribution in [0.2, 0.25) is 0 Å². The van der Waals surface area contributed by atoms with E-state index in [9.17, 15) is 0 Å². The first-order chi connectivity index (χ1) is 25.8. The molecule has 0 amide bonds. The van der Waals surface area contributed by atoms with E-state index in [4.69, 9.17) is 19.9 Å². The monoisotopic (exact) mass is 664 g/mol. The third-order valence-electron chi connectivity index (χ3n) is 10.2. The molecule has 0 aliphatic rings. The van der Waals surface area contributed by atoms with E-state index in [0.29, 0.717) is 17.5 Å². The molecule has 11 aromatic rings. The lowest BCUT2D eigenvalue weighted by molar-refractivity contribution is 1.08. The molecule has 242 valence electrons. The Morgan fingerprint density at radius 1 is 0.385 bits per heavy atom. The highest BCUT2D eigenvalue weighted by Crippen LogP contribution is 2.42. The van der Waals surface area contributed by atoms with Crippen molar-refractivity contribution in [1.29, 1.82) is 0 Å². The summed E-state index contributed by atoms with van der Waals surface area (Å²) in [6.45, 7) is 0. The summed E-state index contributed by atoms with van der Waals surface area (Å²) in [6, 6.07) is 56.9. The summed E-state index contributed by atoms with van der Waals surface area (Å²) in [6.07, 6.45) is 2.15. The van der Waals surface area contributed by atoms with Gasteiger partial charge in [-0.2, -0.15) is 0 Å². The first-order valence-corrected chi connectivity index (χ1v) is 17.4. The lowest BCUT2D eigenvalue weighted by Crippen LogP contribution is -2.01. The van der Waals surface area contributed by atoms with E-state index in [1.54, 1.807) is 0 Å². The average molecular weight is 665 g/mol. The minimum absolute atomic E-state index is 0.634. The quantitative estimate of drug-likeness (QED) is 0.188. The molecule has 0 fully saturated rings. The van der Waals surface area contributed by atoms with Crippen LogP contribution in [0.1, 0.15) is 0 Å². The second kappa shape index (κ2) is 11.2. The summed E-state index contributed by atoms with van der Waals surface area (Å²) in [5.41, 5.74) is 9.17. The van der Waals surface area contributed by atoms with E-state index >= 15 is 0 Å². The number of hydrogen-bond acceptors (Lipinski definition) is 4. The number of para-hydroxylation sites is 2. The van der Waals surface area contributed by atoms with Crippen LogP contribution < -0.4 is 0 Å². The SMILES string of the molecule is c1ccc(-c2nc(-c3ccccc3)nc(-c3ccc(-n4c5ccc6ccccc6c5c5c4ccn4c6ccccc6nc54)c4ccccc34)n2)cc1. The first-order valence-electron chi connectivity index (χ1n) is 17.4. The van der Waals surface area contributed by atoms with Crippen molar-refractivity contribution in [2.24, 2.45) is 0 Å². The Bertz CT molecular complexity index is 3120. The zero-order chi connectivity index (χ0) is 34.2. The number of nitrogens with zero attached hydrogens (tertiary/aromatic N) is 6. The Morgan fingerprint density at radius 3 is 1.77 bits per heavy atom. The molecule has 0 aliphatic heterocycles. The Labute approximate surface area is 297 Å². The zero-order valence-electron chi connectivity index (χ0n) is 27.8. The second-order valence-electron chi connectivity index (χ2n) is 13.1. The molecule has 0 N–H and O–H groups in total. The number of benzene rings is 7. The fraction of sp³-hybridized carbons (Fsp3) is 0. The fourth-order valence-electron chi connectivity index (χ4n) is 7.84. The van der Waals surface area contributed by atoms with Crippen LogP contribution in [0.4, 0.5) is 0 Å². The molecule has 0 unspecified atom stereocenters. The van der Waals surface area contributed by atoms with Gasteiger partial charge in [0.25, 0.3) is 0 Å². The van der Waals surface area contributed by atoms with Gasteiger partial charge in [0.05, 0.1) is 33.1 Å². The van der Waals surface area contributed by atoms with Gasteiger partial charge in [-0.15, -0.1) is 0 Å². The summed E-state index contributed by atoms with van der Waals surface area (Å²) in [7, 11) is 0. The van der Waals surface area contributed by atoms with Crippen molar-refractivity contribution in [3.05, 3.63) is 170 Å². The molecule has 4 aromatic heterocycles. The van der Waals surface area contributed by atoms with Crippen LogP contribution in [0.3, 0.4) is 0 Å². The molecule has 6 nitrogen and oxygen atoms in total. The Morgan fingerprint density at radius 2 is 1.00 bits per heavy atom. The van der Waals surface area contributed by atoms with Gasteiger partial charge in [-0.25, -0.2) is 19.9 Å². The molecular formula is C46H28N6. The predicted octanol–water partition coefficient (Wildman–Crippen LogP) is 11.1. The normalized spacial score (nSPS) is 11.8. The van der Waals surface area contributed by atoms with Crippen LogP contribution >= 0.6 is 0 Å². The molecule has 6 heteroatoms. The van der Waals surface area contributed by atoms with E-state index in [0.717, 1.165) is 66.3 Å². The summed E-state index contributed by atoms with van der Waals surface area (Å²) in [5, 5.41) is 6.90. The summed E-state index contributed by atoms with van der Waals surface area (Å²) >= 11 is 0. The van der Waals surface area contributed by atoms with Gasteiger partial charge in [-0.3, -0.25) is 4.40 Å². The Kier molecular flexibility index (Phi) is 6.15. The highest BCUT2D eigenvalue weighted by molar-refractivity contribution is 6.26. The maximum atomic E-state index is 5.22. The molecule has 52 heavy (non-hydrogen) atoms. The molecule has 0 spiro atoms. The van der Waals surface area contributed by atoms with Gasteiger partial charge in [0.15, 0.2) is 17.5 Å². The maximum Gasteiger partial charge on any atom is 0.164 e. The van der Waals surface area contributed by atoms with Gasteiger partial charge in [0, 0.05) is 33.7 Å².